The van der Waals surface area contributed by atoms with Gasteiger partial charge in [-0.1, -0.05) is 30.3 Å². The number of carboxylic acids is 1. The van der Waals surface area contributed by atoms with Gasteiger partial charge in [0.15, 0.2) is 0 Å². The molecule has 0 unspecified atom stereocenters. The average molecular weight is 318 g/mol. The SMILES string of the molecule is CNC(=O)CN1C[C@H](C(=O)C(=O)O)[C@@H](Cc2ccccc2)C1=O. The molecule has 1 saturated heterocycles. The lowest BCUT2D eigenvalue weighted by Crippen LogP contribution is -2.37. The van der Waals surface area contributed by atoms with Crippen LogP contribution in [0.2, 0.25) is 0 Å². The van der Waals surface area contributed by atoms with Gasteiger partial charge in [-0.25, -0.2) is 4.79 Å². The van der Waals surface area contributed by atoms with E-state index in [1.807, 2.05) is 30.3 Å². The lowest BCUT2D eigenvalue weighted by molar-refractivity contribution is -0.151. The number of amides is 2. The fourth-order valence-electron chi connectivity index (χ4n) is 2.78. The van der Waals surface area contributed by atoms with E-state index in [1.54, 1.807) is 0 Å². The Morgan fingerprint density at radius 3 is 2.48 bits per heavy atom. The number of likely N-dealkylation sites (tertiary alicyclic amines) is 1. The van der Waals surface area contributed by atoms with Crippen molar-refractivity contribution in [1.82, 2.24) is 10.2 Å². The van der Waals surface area contributed by atoms with Crippen LogP contribution in [0.15, 0.2) is 30.3 Å². The summed E-state index contributed by atoms with van der Waals surface area (Å²) in [7, 11) is 1.45. The summed E-state index contributed by atoms with van der Waals surface area (Å²) in [6.45, 7) is -0.223. The Hall–Kier alpha value is -2.70. The Kier molecular flexibility index (Phi) is 5.10. The van der Waals surface area contributed by atoms with Crippen LogP contribution in [0.3, 0.4) is 0 Å². The first-order valence-electron chi connectivity index (χ1n) is 7.24. The number of hydrogen-bond acceptors (Lipinski definition) is 4. The number of carbonyl (C=O) groups excluding carboxylic acids is 3. The first-order valence-corrected chi connectivity index (χ1v) is 7.24. The molecule has 23 heavy (non-hydrogen) atoms. The Morgan fingerprint density at radius 2 is 1.91 bits per heavy atom. The van der Waals surface area contributed by atoms with Gasteiger partial charge in [0, 0.05) is 13.6 Å². The molecule has 0 radical (unpaired) electrons. The molecule has 1 aromatic rings. The van der Waals surface area contributed by atoms with Gasteiger partial charge in [0.05, 0.1) is 18.4 Å². The first-order chi connectivity index (χ1) is 10.9. The average Bonchev–Trinajstić information content (AvgIpc) is 2.84. The summed E-state index contributed by atoms with van der Waals surface area (Å²) >= 11 is 0. The van der Waals surface area contributed by atoms with Gasteiger partial charge in [0.25, 0.3) is 0 Å². The van der Waals surface area contributed by atoms with Crippen LogP contribution in [0, 0.1) is 11.8 Å². The second-order valence-corrected chi connectivity index (χ2v) is 5.46. The van der Waals surface area contributed by atoms with Crippen molar-refractivity contribution in [2.45, 2.75) is 6.42 Å². The Morgan fingerprint density at radius 1 is 1.26 bits per heavy atom. The standard InChI is InChI=1S/C16H18N2O5/c1-17-13(19)9-18-8-12(14(20)16(22)23)11(15(18)21)7-10-5-3-2-4-6-10/h2-6,11-12H,7-9H2,1H3,(H,17,19)(H,22,23)/t11-,12+/m1/s1. The van der Waals surface area contributed by atoms with Crippen LogP contribution in [-0.4, -0.2) is 53.7 Å². The van der Waals surface area contributed by atoms with Gasteiger partial charge in [-0.15, -0.1) is 0 Å². The summed E-state index contributed by atoms with van der Waals surface area (Å²) in [4.78, 5) is 48.2. The van der Waals surface area contributed by atoms with Gasteiger partial charge in [-0.05, 0) is 12.0 Å². The highest BCUT2D eigenvalue weighted by molar-refractivity contribution is 6.34. The molecule has 0 spiro atoms. The van der Waals surface area contributed by atoms with Crippen molar-refractivity contribution in [2.24, 2.45) is 11.8 Å². The second-order valence-electron chi connectivity index (χ2n) is 5.46. The molecule has 0 bridgehead atoms. The Bertz CT molecular complexity index is 629. The van der Waals surface area contributed by atoms with Gasteiger partial charge >= 0.3 is 5.97 Å². The molecule has 0 aliphatic carbocycles. The van der Waals surface area contributed by atoms with Crippen molar-refractivity contribution in [2.75, 3.05) is 20.1 Å². The summed E-state index contributed by atoms with van der Waals surface area (Å²) in [6.07, 6.45) is 0.271. The molecule has 1 aromatic carbocycles. The van der Waals surface area contributed by atoms with Crippen LogP contribution in [0.5, 0.6) is 0 Å². The van der Waals surface area contributed by atoms with Crippen molar-refractivity contribution in [3.8, 4) is 0 Å². The molecule has 7 nitrogen and oxygen atoms in total. The molecule has 1 aliphatic rings. The molecule has 2 N–H and O–H groups in total. The minimum absolute atomic E-state index is 0.0467. The van der Waals surface area contributed by atoms with Gasteiger partial charge in [-0.2, -0.15) is 0 Å². The number of carboxylic acid groups (broad SMARTS) is 1. The predicted molar refractivity (Wildman–Crippen MR) is 80.4 cm³/mol. The Balaban J connectivity index is 2.23. The quantitative estimate of drug-likeness (QED) is 0.701. The van der Waals surface area contributed by atoms with Crippen LogP contribution >= 0.6 is 0 Å². The largest absolute Gasteiger partial charge is 0.475 e. The molecule has 2 rings (SSSR count). The van der Waals surface area contributed by atoms with E-state index in [9.17, 15) is 19.2 Å². The molecule has 122 valence electrons. The van der Waals surface area contributed by atoms with E-state index in [0.29, 0.717) is 0 Å². The first kappa shape index (κ1) is 16.7. The van der Waals surface area contributed by atoms with E-state index in [-0.39, 0.29) is 31.3 Å². The van der Waals surface area contributed by atoms with E-state index in [1.165, 1.54) is 11.9 Å². The number of rotatable bonds is 6. The third kappa shape index (κ3) is 3.74. The highest BCUT2D eigenvalue weighted by Gasteiger charge is 2.46. The highest BCUT2D eigenvalue weighted by atomic mass is 16.4. The molecule has 1 aliphatic heterocycles. The molecular weight excluding hydrogens is 300 g/mol. The minimum Gasteiger partial charge on any atom is -0.475 e. The van der Waals surface area contributed by atoms with E-state index < -0.39 is 23.6 Å². The lowest BCUT2D eigenvalue weighted by atomic mass is 9.86. The summed E-state index contributed by atoms with van der Waals surface area (Å²) in [6, 6.07) is 9.09. The van der Waals surface area contributed by atoms with Crippen LogP contribution in [0.4, 0.5) is 0 Å². The number of ketones is 1. The minimum atomic E-state index is -1.55. The van der Waals surface area contributed by atoms with Crippen molar-refractivity contribution in [3.63, 3.8) is 0 Å². The zero-order valence-corrected chi connectivity index (χ0v) is 12.7. The van der Waals surface area contributed by atoms with Crippen LogP contribution < -0.4 is 5.32 Å². The van der Waals surface area contributed by atoms with E-state index in [4.69, 9.17) is 5.11 Å². The third-order valence-electron chi connectivity index (χ3n) is 3.99. The summed E-state index contributed by atoms with van der Waals surface area (Å²) in [5.41, 5.74) is 0.843. The zero-order chi connectivity index (χ0) is 17.0. The van der Waals surface area contributed by atoms with Gasteiger partial charge in [0.1, 0.15) is 0 Å². The molecular formula is C16H18N2O5. The van der Waals surface area contributed by atoms with Crippen LogP contribution in [0.25, 0.3) is 0 Å². The van der Waals surface area contributed by atoms with Crippen molar-refractivity contribution in [1.29, 1.82) is 0 Å². The number of Topliss-reactive ketones (excluding diaryl/α,β-unsaturated/α-hetero) is 1. The number of likely N-dealkylation sites (N-methyl/N-ethyl adjacent to an activating group) is 1. The molecule has 0 aromatic heterocycles. The van der Waals surface area contributed by atoms with Gasteiger partial charge < -0.3 is 15.3 Å². The summed E-state index contributed by atoms with van der Waals surface area (Å²) in [5, 5.41) is 11.4. The fraction of sp³-hybridized carbons (Fsp3) is 0.375. The normalized spacial score (nSPS) is 20.4. The van der Waals surface area contributed by atoms with E-state index in [2.05, 4.69) is 5.32 Å². The third-order valence-corrected chi connectivity index (χ3v) is 3.99. The topological polar surface area (TPSA) is 104 Å². The molecule has 1 fully saturated rings. The number of aliphatic carboxylic acids is 1. The molecule has 2 amide bonds. The van der Waals surface area contributed by atoms with Crippen LogP contribution in [-0.2, 0) is 25.6 Å². The van der Waals surface area contributed by atoms with Gasteiger partial charge in [0.2, 0.25) is 17.6 Å². The lowest BCUT2D eigenvalue weighted by Gasteiger charge is -2.15. The molecule has 0 saturated carbocycles. The smallest absolute Gasteiger partial charge is 0.372 e. The van der Waals surface area contributed by atoms with Gasteiger partial charge in [-0.3, -0.25) is 14.4 Å². The Labute approximate surface area is 133 Å². The summed E-state index contributed by atoms with van der Waals surface area (Å²) < 4.78 is 0. The number of hydrogen-bond donors (Lipinski definition) is 2. The fourth-order valence-corrected chi connectivity index (χ4v) is 2.78. The van der Waals surface area contributed by atoms with Crippen LogP contribution in [0.1, 0.15) is 5.56 Å². The highest BCUT2D eigenvalue weighted by Crippen LogP contribution is 2.29. The number of benzene rings is 1. The second kappa shape index (κ2) is 7.04. The number of nitrogens with zero attached hydrogens (tertiary/aromatic N) is 1. The summed E-state index contributed by atoms with van der Waals surface area (Å²) in [5.74, 6) is -4.96. The zero-order valence-electron chi connectivity index (χ0n) is 12.7. The maximum atomic E-state index is 12.5. The number of carbonyl (C=O) groups is 4. The van der Waals surface area contributed by atoms with Crippen molar-refractivity contribution in [3.05, 3.63) is 35.9 Å². The van der Waals surface area contributed by atoms with Crippen molar-refractivity contribution >= 4 is 23.6 Å². The predicted octanol–water partition coefficient (Wildman–Crippen LogP) is -0.297. The monoisotopic (exact) mass is 318 g/mol. The molecule has 7 heteroatoms. The maximum absolute atomic E-state index is 12.5. The maximum Gasteiger partial charge on any atom is 0.372 e. The molecule has 1 heterocycles. The van der Waals surface area contributed by atoms with E-state index >= 15 is 0 Å². The molecule has 2 atom stereocenters. The van der Waals surface area contributed by atoms with Crippen molar-refractivity contribution < 1.29 is 24.3 Å². The number of nitrogens with one attached hydrogen (secondary N) is 1. The van der Waals surface area contributed by atoms with E-state index in [0.717, 1.165) is 5.56 Å².